The second kappa shape index (κ2) is 1.75. The molecule has 2 atom stereocenters. The van der Waals surface area contributed by atoms with E-state index in [9.17, 15) is 10.3 Å². The first-order valence-corrected chi connectivity index (χ1v) is 2.11. The molecule has 7 heavy (non-hydrogen) atoms. The van der Waals surface area contributed by atoms with E-state index in [0.717, 1.165) is 0 Å². The summed E-state index contributed by atoms with van der Waals surface area (Å²) in [6.45, 7) is 0.612. The number of hydrogen-bond acceptors (Lipinski definition) is 2. The van der Waals surface area contributed by atoms with Crippen LogP contribution < -0.4 is 5.06 Å². The Morgan fingerprint density at radius 1 is 1.86 bits per heavy atom. The third-order valence-electron chi connectivity index (χ3n) is 0.881. The van der Waals surface area contributed by atoms with E-state index in [-0.39, 0.29) is 5.06 Å². The van der Waals surface area contributed by atoms with Crippen LogP contribution in [-0.2, 0) is 9.84 Å². The molecule has 4 heteroatoms. The van der Waals surface area contributed by atoms with Gasteiger partial charge in [-0.05, 0) is 0 Å². The zero-order chi connectivity index (χ0) is 5.28. The van der Waals surface area contributed by atoms with Crippen molar-refractivity contribution in [3.8, 4) is 0 Å². The second-order valence-electron chi connectivity index (χ2n) is 1.42. The minimum absolute atomic E-state index is 0.300. The van der Waals surface area contributed by atoms with Crippen molar-refractivity contribution in [1.82, 2.24) is 0 Å². The summed E-state index contributed by atoms with van der Waals surface area (Å²) in [5, 5.41) is 19.9. The van der Waals surface area contributed by atoms with Gasteiger partial charge in [-0.1, -0.05) is 0 Å². The van der Waals surface area contributed by atoms with Gasteiger partial charge in [-0.3, -0.25) is 4.74 Å². The van der Waals surface area contributed by atoms with Crippen LogP contribution in [0.2, 0.25) is 0 Å². The van der Waals surface area contributed by atoms with E-state index in [4.69, 9.17) is 0 Å². The zero-order valence-electron chi connectivity index (χ0n) is 3.72. The summed E-state index contributed by atoms with van der Waals surface area (Å²) in [5.74, 6) is 0. The SMILES string of the molecule is [O]C1OCC[NH+]1[O-]. The standard InChI is InChI=1S/C3H6NO3/c5-3-4(6)1-2-7-3/h3-4H,1-2H2. The molecule has 0 bridgehead atoms. The van der Waals surface area contributed by atoms with Crippen molar-refractivity contribution >= 4 is 0 Å². The van der Waals surface area contributed by atoms with Crippen LogP contribution in [0.25, 0.3) is 0 Å². The summed E-state index contributed by atoms with van der Waals surface area (Å²) in [7, 11) is 0. The van der Waals surface area contributed by atoms with E-state index < -0.39 is 6.41 Å². The molecule has 1 heterocycles. The molecule has 1 rings (SSSR count). The predicted octanol–water partition coefficient (Wildman–Crippen LogP) is -1.89. The molecule has 2 unspecified atom stereocenters. The van der Waals surface area contributed by atoms with Gasteiger partial charge in [0.1, 0.15) is 13.2 Å². The van der Waals surface area contributed by atoms with Gasteiger partial charge in [-0.25, -0.2) is 0 Å². The average Bonchev–Trinajstić information content (AvgIpc) is 1.91. The van der Waals surface area contributed by atoms with Crippen molar-refractivity contribution in [2.45, 2.75) is 6.41 Å². The van der Waals surface area contributed by atoms with Crippen LogP contribution in [0.5, 0.6) is 0 Å². The number of rotatable bonds is 0. The molecule has 0 aromatic carbocycles. The molecule has 0 aromatic rings. The fourth-order valence-corrected chi connectivity index (χ4v) is 0.477. The topological polar surface area (TPSA) is 56.6 Å². The van der Waals surface area contributed by atoms with Gasteiger partial charge in [0, 0.05) is 0 Å². The summed E-state index contributed by atoms with van der Waals surface area (Å²) < 4.78 is 4.36. The Kier molecular flexibility index (Phi) is 1.25. The van der Waals surface area contributed by atoms with Crippen LogP contribution in [0.15, 0.2) is 0 Å². The van der Waals surface area contributed by atoms with Gasteiger partial charge in [-0.2, -0.15) is 0 Å². The largest absolute Gasteiger partial charge is 0.630 e. The van der Waals surface area contributed by atoms with Gasteiger partial charge in [0.15, 0.2) is 0 Å². The lowest BCUT2D eigenvalue weighted by Gasteiger charge is -2.13. The van der Waals surface area contributed by atoms with Gasteiger partial charge in [0.25, 0.3) is 0 Å². The minimum Gasteiger partial charge on any atom is -0.630 e. The third-order valence-corrected chi connectivity index (χ3v) is 0.881. The summed E-state index contributed by atoms with van der Waals surface area (Å²) in [6, 6.07) is 0. The molecule has 0 aromatic heterocycles. The molecular weight excluding hydrogens is 98.0 g/mol. The molecule has 1 radical (unpaired) electrons. The first kappa shape index (κ1) is 4.99. The number of nitrogens with one attached hydrogen (secondary N) is 1. The molecule has 0 aliphatic carbocycles. The van der Waals surface area contributed by atoms with Crippen molar-refractivity contribution < 1.29 is 14.9 Å². The Balaban J connectivity index is 2.33. The van der Waals surface area contributed by atoms with Crippen LogP contribution in [0, 0.1) is 5.21 Å². The van der Waals surface area contributed by atoms with Crippen LogP contribution >= 0.6 is 0 Å². The van der Waals surface area contributed by atoms with E-state index in [1.54, 1.807) is 0 Å². The highest BCUT2D eigenvalue weighted by Crippen LogP contribution is 1.81. The lowest BCUT2D eigenvalue weighted by atomic mass is 10.7. The van der Waals surface area contributed by atoms with Crippen molar-refractivity contribution in [3.05, 3.63) is 5.21 Å². The Bertz CT molecular complexity index is 59.2. The lowest BCUT2D eigenvalue weighted by molar-refractivity contribution is -0.907. The maximum absolute atomic E-state index is 10.1. The first-order valence-electron chi connectivity index (χ1n) is 2.11. The molecule has 0 spiro atoms. The molecule has 0 saturated carbocycles. The predicted molar refractivity (Wildman–Crippen MR) is 19.6 cm³/mol. The Morgan fingerprint density at radius 2 is 2.57 bits per heavy atom. The molecule has 1 aliphatic rings. The van der Waals surface area contributed by atoms with E-state index in [1.807, 2.05) is 0 Å². The van der Waals surface area contributed by atoms with Gasteiger partial charge in [0.2, 0.25) is 0 Å². The Morgan fingerprint density at radius 3 is 2.71 bits per heavy atom. The number of hydroxylamine groups is 2. The first-order chi connectivity index (χ1) is 3.30. The highest BCUT2D eigenvalue weighted by Gasteiger charge is 2.20. The third kappa shape index (κ3) is 0.889. The summed E-state index contributed by atoms with van der Waals surface area (Å²) in [4.78, 5) is 0. The Labute approximate surface area is 40.9 Å². The molecule has 1 saturated heterocycles. The Hall–Kier alpha value is -0.160. The van der Waals surface area contributed by atoms with Crippen molar-refractivity contribution in [2.75, 3.05) is 13.2 Å². The monoisotopic (exact) mass is 104 g/mol. The minimum atomic E-state index is -1.38. The van der Waals surface area contributed by atoms with Crippen molar-refractivity contribution in [2.24, 2.45) is 0 Å². The van der Waals surface area contributed by atoms with Crippen molar-refractivity contribution in [3.63, 3.8) is 0 Å². The van der Waals surface area contributed by atoms with Gasteiger partial charge < -0.3 is 10.3 Å². The van der Waals surface area contributed by atoms with Crippen LogP contribution in [0.3, 0.4) is 0 Å². The highest BCUT2D eigenvalue weighted by molar-refractivity contribution is 4.33. The zero-order valence-corrected chi connectivity index (χ0v) is 3.72. The molecule has 1 N–H and O–H groups in total. The molecular formula is C3H6NO3. The number of hydrogen-bond donors (Lipinski definition) is 1. The quantitative estimate of drug-likeness (QED) is 0.365. The normalized spacial score (nSPS) is 42.0. The fraction of sp³-hybridized carbons (Fsp3) is 1.00. The maximum Gasteiger partial charge on any atom is 0.335 e. The summed E-state index contributed by atoms with van der Waals surface area (Å²) in [6.07, 6.45) is -1.38. The van der Waals surface area contributed by atoms with Crippen LogP contribution in [0.4, 0.5) is 0 Å². The molecule has 0 amide bonds. The summed E-state index contributed by atoms with van der Waals surface area (Å²) >= 11 is 0. The van der Waals surface area contributed by atoms with E-state index >= 15 is 0 Å². The van der Waals surface area contributed by atoms with Gasteiger partial charge in [0.05, 0.1) is 0 Å². The second-order valence-corrected chi connectivity index (χ2v) is 1.42. The lowest BCUT2D eigenvalue weighted by Crippen LogP contribution is -3.09. The van der Waals surface area contributed by atoms with E-state index in [2.05, 4.69) is 4.74 Å². The van der Waals surface area contributed by atoms with Gasteiger partial charge in [-0.15, -0.1) is 5.11 Å². The highest BCUT2D eigenvalue weighted by atomic mass is 16.7. The summed E-state index contributed by atoms with van der Waals surface area (Å²) in [5.41, 5.74) is 0. The fourth-order valence-electron chi connectivity index (χ4n) is 0.477. The maximum atomic E-state index is 10.1. The molecule has 1 aliphatic heterocycles. The van der Waals surface area contributed by atoms with Gasteiger partial charge >= 0.3 is 6.41 Å². The average molecular weight is 104 g/mol. The number of ether oxygens (including phenoxy) is 1. The molecule has 41 valence electrons. The molecule has 4 nitrogen and oxygen atoms in total. The van der Waals surface area contributed by atoms with E-state index in [1.165, 1.54) is 0 Å². The smallest absolute Gasteiger partial charge is 0.335 e. The van der Waals surface area contributed by atoms with Crippen LogP contribution in [-0.4, -0.2) is 19.6 Å². The van der Waals surface area contributed by atoms with Crippen molar-refractivity contribution in [1.29, 1.82) is 0 Å². The number of quaternary nitrogens is 1. The van der Waals surface area contributed by atoms with Crippen LogP contribution in [0.1, 0.15) is 0 Å². The van der Waals surface area contributed by atoms with E-state index in [0.29, 0.717) is 13.2 Å². The molecule has 1 fully saturated rings.